The Labute approximate surface area is 426 Å². The van der Waals surface area contributed by atoms with E-state index in [1.165, 1.54) is 24.8 Å². The van der Waals surface area contributed by atoms with Crippen molar-refractivity contribution in [2.75, 3.05) is 72.3 Å². The number of ether oxygens (including phenoxy) is 4. The molecule has 19 heteroatoms. The zero-order valence-electron chi connectivity index (χ0n) is 44.5. The number of piperidine rings is 3. The Morgan fingerprint density at radius 3 is 1.07 bits per heavy atom. The van der Waals surface area contributed by atoms with Gasteiger partial charge in [-0.1, -0.05) is 41.5 Å². The number of Topliss-reactive ketones (excluding diaryl/α,β-unsaturated/α-hetero) is 1. The molecule has 19 nitrogen and oxygen atoms in total. The molecule has 2 N–H and O–H groups in total. The van der Waals surface area contributed by atoms with Gasteiger partial charge in [0.1, 0.15) is 24.1 Å². The Hall–Kier alpha value is -5.69. The number of likely N-dealkylation sites (tertiary alicyclic amines) is 2. The molecule has 0 radical (unpaired) electrons. The number of aliphatic hydroxyl groups is 1. The van der Waals surface area contributed by atoms with Crippen LogP contribution in [0.2, 0.25) is 0 Å². The van der Waals surface area contributed by atoms with Crippen molar-refractivity contribution in [2.45, 2.75) is 127 Å². The lowest BCUT2D eigenvalue weighted by Gasteiger charge is -2.44. The van der Waals surface area contributed by atoms with Gasteiger partial charge in [-0.25, -0.2) is 49.1 Å². The Kier molecular flexibility index (Phi) is 23.3. The predicted molar refractivity (Wildman–Crippen MR) is 270 cm³/mol. The summed E-state index contributed by atoms with van der Waals surface area (Å²) in [6, 6.07) is 0. The van der Waals surface area contributed by atoms with Gasteiger partial charge in [0.05, 0.1) is 43.1 Å². The molecule has 0 atom stereocenters. The first-order valence-corrected chi connectivity index (χ1v) is 25.9. The molecule has 3 fully saturated rings. The van der Waals surface area contributed by atoms with Crippen molar-refractivity contribution in [3.8, 4) is 0 Å². The lowest BCUT2D eigenvalue weighted by Crippen LogP contribution is -2.46. The van der Waals surface area contributed by atoms with E-state index in [0.29, 0.717) is 99.3 Å². The van der Waals surface area contributed by atoms with Gasteiger partial charge in [-0.15, -0.1) is 0 Å². The fraction of sp³-hybridized carbons (Fsp3) is 0.679. The standard InChI is InChI=1S/C19H29N3O4.C18H27N3O4.C16H25N3O2/c1-5-25-17(23)15-12-20-16(21-13-15)11-19(14(3)4)7-9-22(10-8-19)18(24)26-6-2;1-4-25-17(24)21-7-5-18(6-8-21,13(2)3)9-16-19-10-14(11-20-16)15(23)12-22;1-4-21-15(20)13-10-18-14(19-11-13)9-16(12(2)3)5-7-17-8-6-16/h12-14H,5-11H2,1-4H3;10-11,13,22H,4-9,12H2,1-3H3;10-12,17H,4-9H2,1-3H3. The monoisotopic (exact) mass is 1000 g/mol. The molecule has 3 aromatic heterocycles. The van der Waals surface area contributed by atoms with E-state index in [-0.39, 0.29) is 40.2 Å². The van der Waals surface area contributed by atoms with Gasteiger partial charge in [-0.05, 0) is 113 Å². The van der Waals surface area contributed by atoms with Crippen LogP contribution in [0.25, 0.3) is 0 Å². The van der Waals surface area contributed by atoms with Crippen LogP contribution in [0.4, 0.5) is 9.59 Å². The average Bonchev–Trinajstić information content (AvgIpc) is 3.38. The molecule has 0 aliphatic carbocycles. The molecular formula is C53H81N9O10. The molecule has 72 heavy (non-hydrogen) atoms. The van der Waals surface area contributed by atoms with Crippen LogP contribution in [0.5, 0.6) is 0 Å². The molecule has 6 rings (SSSR count). The Balaban J connectivity index is 0.000000236. The maximum atomic E-state index is 11.9. The average molecular weight is 1000 g/mol. The second-order valence-electron chi connectivity index (χ2n) is 19.9. The van der Waals surface area contributed by atoms with Gasteiger partial charge in [-0.3, -0.25) is 4.79 Å². The second kappa shape index (κ2) is 28.5. The number of esters is 2. The third-order valence-corrected chi connectivity index (χ3v) is 15.0. The first kappa shape index (κ1) is 58.9. The fourth-order valence-corrected chi connectivity index (χ4v) is 9.66. The van der Waals surface area contributed by atoms with Gasteiger partial charge >= 0.3 is 24.1 Å². The molecule has 3 aliphatic rings. The maximum absolute atomic E-state index is 11.9. The molecule has 0 spiro atoms. The molecule has 3 aliphatic heterocycles. The first-order chi connectivity index (χ1) is 34.4. The summed E-state index contributed by atoms with van der Waals surface area (Å²) in [6.07, 6.45) is 16.8. The van der Waals surface area contributed by atoms with Crippen molar-refractivity contribution in [1.29, 1.82) is 0 Å². The topological polar surface area (TPSA) is 238 Å². The smallest absolute Gasteiger partial charge is 0.409 e. The molecule has 0 aromatic carbocycles. The number of rotatable bonds is 17. The van der Waals surface area contributed by atoms with Crippen LogP contribution in [-0.2, 0) is 38.2 Å². The summed E-state index contributed by atoms with van der Waals surface area (Å²) in [5, 5.41) is 12.3. The molecule has 6 heterocycles. The van der Waals surface area contributed by atoms with E-state index in [2.05, 4.69) is 76.8 Å². The van der Waals surface area contributed by atoms with Crippen LogP contribution >= 0.6 is 0 Å². The zero-order chi connectivity index (χ0) is 52.9. The minimum Gasteiger partial charge on any atom is -0.462 e. The number of aliphatic hydroxyl groups excluding tert-OH is 1. The molecule has 0 unspecified atom stereocenters. The van der Waals surface area contributed by atoms with Crippen molar-refractivity contribution in [1.82, 2.24) is 45.0 Å². The number of nitrogens with one attached hydrogen (secondary N) is 1. The quantitative estimate of drug-likeness (QED) is 0.0761. The zero-order valence-corrected chi connectivity index (χ0v) is 44.5. The van der Waals surface area contributed by atoms with E-state index < -0.39 is 12.6 Å². The Morgan fingerprint density at radius 2 is 0.792 bits per heavy atom. The minimum absolute atomic E-state index is 0.0193. The van der Waals surface area contributed by atoms with Crippen LogP contribution < -0.4 is 5.32 Å². The van der Waals surface area contributed by atoms with Crippen molar-refractivity contribution in [3.05, 3.63) is 71.3 Å². The Morgan fingerprint density at radius 1 is 0.500 bits per heavy atom. The number of hydrogen-bond acceptors (Lipinski definition) is 17. The van der Waals surface area contributed by atoms with E-state index in [4.69, 9.17) is 24.1 Å². The Bertz CT molecular complexity index is 2150. The summed E-state index contributed by atoms with van der Waals surface area (Å²) in [5.41, 5.74) is 1.43. The SMILES string of the molecule is CCOC(=O)N1CCC(Cc2ncc(C(=O)CO)cn2)(C(C)C)CC1.CCOC(=O)c1cnc(CC2(C(C)C)CCN(C(=O)OCC)CC2)nc1.CCOC(=O)c1cnc(CC2(C(C)C)CCNCC2)nc1. The number of ketones is 1. The normalized spacial score (nSPS) is 16.9. The summed E-state index contributed by atoms with van der Waals surface area (Å²) in [6.45, 7) is 26.2. The number of carbonyl (C=O) groups excluding carboxylic acids is 5. The van der Waals surface area contributed by atoms with E-state index >= 15 is 0 Å². The van der Waals surface area contributed by atoms with Crippen LogP contribution in [0.15, 0.2) is 37.2 Å². The summed E-state index contributed by atoms with van der Waals surface area (Å²) >= 11 is 0. The molecule has 2 amide bonds. The number of nitrogens with zero attached hydrogens (tertiary/aromatic N) is 8. The second-order valence-corrected chi connectivity index (χ2v) is 19.9. The summed E-state index contributed by atoms with van der Waals surface area (Å²) in [5.74, 6) is 2.52. The predicted octanol–water partition coefficient (Wildman–Crippen LogP) is 7.40. The van der Waals surface area contributed by atoms with Crippen LogP contribution in [0.1, 0.15) is 156 Å². The highest BCUT2D eigenvalue weighted by Crippen LogP contribution is 2.43. The van der Waals surface area contributed by atoms with Crippen molar-refractivity contribution in [3.63, 3.8) is 0 Å². The van der Waals surface area contributed by atoms with E-state index in [1.807, 2.05) is 13.8 Å². The highest BCUT2D eigenvalue weighted by Gasteiger charge is 2.41. The summed E-state index contributed by atoms with van der Waals surface area (Å²) < 4.78 is 20.1. The van der Waals surface area contributed by atoms with Gasteiger partial charge in [0.2, 0.25) is 0 Å². The van der Waals surface area contributed by atoms with Gasteiger partial charge in [0, 0.05) is 82.6 Å². The number of amides is 2. The molecule has 3 saturated heterocycles. The molecule has 3 aromatic rings. The van der Waals surface area contributed by atoms with E-state index in [1.54, 1.807) is 36.0 Å². The van der Waals surface area contributed by atoms with Gasteiger partial charge in [0.15, 0.2) is 5.78 Å². The van der Waals surface area contributed by atoms with E-state index in [9.17, 15) is 24.0 Å². The van der Waals surface area contributed by atoms with Gasteiger partial charge in [0.25, 0.3) is 0 Å². The highest BCUT2D eigenvalue weighted by molar-refractivity contribution is 5.96. The largest absolute Gasteiger partial charge is 0.462 e. The minimum atomic E-state index is -0.539. The first-order valence-electron chi connectivity index (χ1n) is 25.9. The van der Waals surface area contributed by atoms with Gasteiger partial charge in [-0.2, -0.15) is 0 Å². The third-order valence-electron chi connectivity index (χ3n) is 15.0. The van der Waals surface area contributed by atoms with E-state index in [0.717, 1.165) is 76.1 Å². The van der Waals surface area contributed by atoms with Crippen LogP contribution in [0, 0.1) is 34.0 Å². The summed E-state index contributed by atoms with van der Waals surface area (Å²) in [7, 11) is 0. The molecule has 0 bridgehead atoms. The number of hydrogen-bond donors (Lipinski definition) is 2. The lowest BCUT2D eigenvalue weighted by molar-refractivity contribution is 0.0446. The molecule has 0 saturated carbocycles. The van der Waals surface area contributed by atoms with Crippen molar-refractivity contribution in [2.24, 2.45) is 34.0 Å². The van der Waals surface area contributed by atoms with Crippen molar-refractivity contribution < 1.29 is 48.0 Å². The fourth-order valence-electron chi connectivity index (χ4n) is 9.66. The highest BCUT2D eigenvalue weighted by atomic mass is 16.6. The van der Waals surface area contributed by atoms with Crippen LogP contribution in [-0.4, -0.2) is 147 Å². The summed E-state index contributed by atoms with van der Waals surface area (Å²) in [4.78, 5) is 88.2. The third kappa shape index (κ3) is 16.4. The number of aromatic nitrogens is 6. The van der Waals surface area contributed by atoms with Crippen LogP contribution in [0.3, 0.4) is 0 Å². The van der Waals surface area contributed by atoms with Crippen molar-refractivity contribution >= 4 is 29.9 Å². The van der Waals surface area contributed by atoms with Gasteiger partial charge < -0.3 is 39.2 Å². The lowest BCUT2D eigenvalue weighted by atomic mass is 9.67. The molecule has 398 valence electrons. The maximum Gasteiger partial charge on any atom is 0.409 e. The number of carbonyl (C=O) groups is 5. The molecular weight excluding hydrogens is 923 g/mol.